The van der Waals surface area contributed by atoms with Crippen molar-refractivity contribution in [2.24, 2.45) is 0 Å². The van der Waals surface area contributed by atoms with Crippen LogP contribution in [0.25, 0.3) is 16.9 Å². The molecule has 6 rings (SSSR count). The van der Waals surface area contributed by atoms with Crippen molar-refractivity contribution in [2.45, 2.75) is 49.8 Å². The second-order valence-electron chi connectivity index (χ2n) is 11.3. The summed E-state index contributed by atoms with van der Waals surface area (Å²) in [5.74, 6) is 0.652. The van der Waals surface area contributed by atoms with E-state index in [9.17, 15) is 9.90 Å². The minimum absolute atomic E-state index is 0. The van der Waals surface area contributed by atoms with Gasteiger partial charge >= 0.3 is 0 Å². The third-order valence-corrected chi connectivity index (χ3v) is 8.59. The van der Waals surface area contributed by atoms with Gasteiger partial charge in [-0.3, -0.25) is 4.79 Å². The minimum atomic E-state index is -1.03. The molecule has 2 aromatic carbocycles. The van der Waals surface area contributed by atoms with E-state index in [0.717, 1.165) is 42.0 Å². The Morgan fingerprint density at radius 3 is 2.64 bits per heavy atom. The second-order valence-corrected chi connectivity index (χ2v) is 11.3. The van der Waals surface area contributed by atoms with Gasteiger partial charge in [0.15, 0.2) is 5.69 Å². The van der Waals surface area contributed by atoms with Crippen LogP contribution in [0.4, 0.5) is 0 Å². The number of hydrogen-bond acceptors (Lipinski definition) is 8. The summed E-state index contributed by atoms with van der Waals surface area (Å²) in [5.41, 5.74) is 1.93. The number of nitrogens with one attached hydrogen (secondary N) is 1. The van der Waals surface area contributed by atoms with Crippen LogP contribution in [0, 0.1) is 0 Å². The zero-order chi connectivity index (χ0) is 29.6. The Hall–Kier alpha value is -3.48. The Morgan fingerprint density at radius 1 is 1.11 bits per heavy atom. The molecular weight excluding hydrogens is 617 g/mol. The van der Waals surface area contributed by atoms with Crippen LogP contribution in [-0.4, -0.2) is 92.1 Å². The molecule has 11 nitrogen and oxygen atoms in total. The van der Waals surface area contributed by atoms with Gasteiger partial charge in [0.25, 0.3) is 5.91 Å². The van der Waals surface area contributed by atoms with Gasteiger partial charge < -0.3 is 29.4 Å². The van der Waals surface area contributed by atoms with E-state index in [0.29, 0.717) is 44.8 Å². The van der Waals surface area contributed by atoms with Crippen LogP contribution in [0.5, 0.6) is 5.75 Å². The van der Waals surface area contributed by atoms with E-state index >= 15 is 0 Å². The van der Waals surface area contributed by atoms with Gasteiger partial charge in [-0.2, -0.15) is 0 Å². The molecule has 242 valence electrons. The van der Waals surface area contributed by atoms with E-state index in [2.05, 4.69) is 15.6 Å². The molecule has 1 saturated carbocycles. The van der Waals surface area contributed by atoms with Gasteiger partial charge in [0.2, 0.25) is 0 Å². The van der Waals surface area contributed by atoms with Crippen molar-refractivity contribution in [1.29, 1.82) is 0 Å². The summed E-state index contributed by atoms with van der Waals surface area (Å²) in [6, 6.07) is 17.3. The van der Waals surface area contributed by atoms with E-state index < -0.39 is 5.60 Å². The number of carbonyl (C=O) groups excluding carboxylic acids is 1. The largest absolute Gasteiger partial charge is 0.494 e. The van der Waals surface area contributed by atoms with Crippen molar-refractivity contribution in [3.63, 3.8) is 0 Å². The summed E-state index contributed by atoms with van der Waals surface area (Å²) in [7, 11) is 1.62. The van der Waals surface area contributed by atoms with E-state index in [-0.39, 0.29) is 49.4 Å². The van der Waals surface area contributed by atoms with Crippen molar-refractivity contribution < 1.29 is 19.4 Å². The van der Waals surface area contributed by atoms with Gasteiger partial charge in [-0.15, -0.1) is 29.9 Å². The lowest BCUT2D eigenvalue weighted by Gasteiger charge is -2.41. The van der Waals surface area contributed by atoms with Crippen molar-refractivity contribution in [3.8, 4) is 22.7 Å². The van der Waals surface area contributed by atoms with Crippen LogP contribution >= 0.6 is 24.8 Å². The minimum Gasteiger partial charge on any atom is -0.494 e. The number of halogens is 2. The van der Waals surface area contributed by atoms with Crippen molar-refractivity contribution in [1.82, 2.24) is 34.8 Å². The number of amides is 1. The lowest BCUT2D eigenvalue weighted by Crippen LogP contribution is -2.54. The summed E-state index contributed by atoms with van der Waals surface area (Å²) in [6.07, 6.45) is 9.19. The van der Waals surface area contributed by atoms with Crippen LogP contribution in [0.15, 0.2) is 73.3 Å². The van der Waals surface area contributed by atoms with E-state index in [4.69, 9.17) is 14.5 Å². The first-order valence-electron chi connectivity index (χ1n) is 15.0. The first kappa shape index (κ1) is 34.4. The van der Waals surface area contributed by atoms with Crippen molar-refractivity contribution >= 4 is 30.7 Å². The number of benzene rings is 2. The van der Waals surface area contributed by atoms with E-state index in [1.807, 2.05) is 64.1 Å². The molecule has 13 heteroatoms. The molecule has 45 heavy (non-hydrogen) atoms. The molecule has 0 bridgehead atoms. The molecule has 1 aliphatic carbocycles. The van der Waals surface area contributed by atoms with E-state index in [1.165, 1.54) is 0 Å². The molecule has 3 atom stereocenters. The maximum Gasteiger partial charge on any atom is 0.275 e. The number of hydrogen-bond donors (Lipinski definition) is 2. The Balaban J connectivity index is 0.00000230. The molecule has 2 aliphatic rings. The number of carbonyl (C=O) groups is 1. The standard InChI is InChI=1S/C32H39N7O4.2ClH/c1-42-22-32(41)15-6-5-9-28(32)38-23-34-29(30(38)24-7-3-2-4-8-24)31(40)37-18-16-33-21-26(37)14-20-43-27-12-10-25(11-13-27)39-19-17-35-36-39;;/h2-4,7-8,10-13,17,19,23,26,28,33,41H,5-6,9,14-16,18,20-22H2,1H3;2*1H/t26-,28-,32-;;/m1../s1. The number of piperazine rings is 1. The Morgan fingerprint density at radius 2 is 1.91 bits per heavy atom. The molecule has 4 aromatic rings. The Bertz CT molecular complexity index is 1480. The highest BCUT2D eigenvalue weighted by Gasteiger charge is 2.42. The van der Waals surface area contributed by atoms with Crippen LogP contribution in [-0.2, 0) is 4.74 Å². The third-order valence-electron chi connectivity index (χ3n) is 8.59. The molecule has 2 fully saturated rings. The molecule has 2 aromatic heterocycles. The van der Waals surface area contributed by atoms with Gasteiger partial charge in [-0.1, -0.05) is 48.4 Å². The van der Waals surface area contributed by atoms with Crippen molar-refractivity contribution in [3.05, 3.63) is 79.0 Å². The topological polar surface area (TPSA) is 120 Å². The van der Waals surface area contributed by atoms with Crippen LogP contribution in [0.3, 0.4) is 0 Å². The number of methoxy groups -OCH3 is 1. The normalized spacial score (nSPS) is 21.4. The van der Waals surface area contributed by atoms with Crippen LogP contribution in [0.1, 0.15) is 48.6 Å². The van der Waals surface area contributed by atoms with Gasteiger partial charge in [0, 0.05) is 44.8 Å². The number of ether oxygens (including phenoxy) is 2. The molecule has 2 N–H and O–H groups in total. The number of rotatable bonds is 10. The Kier molecular flexibility index (Phi) is 12.0. The molecule has 0 spiro atoms. The highest BCUT2D eigenvalue weighted by molar-refractivity contribution is 5.98. The highest BCUT2D eigenvalue weighted by atomic mass is 35.5. The Labute approximate surface area is 275 Å². The number of aliphatic hydroxyl groups is 1. The van der Waals surface area contributed by atoms with Crippen LogP contribution in [0.2, 0.25) is 0 Å². The first-order valence-corrected chi connectivity index (χ1v) is 15.0. The summed E-state index contributed by atoms with van der Waals surface area (Å²) >= 11 is 0. The fraction of sp³-hybridized carbons (Fsp3) is 0.438. The fourth-order valence-corrected chi connectivity index (χ4v) is 6.43. The van der Waals surface area contributed by atoms with Gasteiger partial charge in [0.05, 0.1) is 49.4 Å². The molecule has 0 radical (unpaired) electrons. The molecule has 1 saturated heterocycles. The predicted molar refractivity (Wildman–Crippen MR) is 176 cm³/mol. The number of imidazole rings is 1. The maximum atomic E-state index is 14.3. The monoisotopic (exact) mass is 657 g/mol. The molecule has 0 unspecified atom stereocenters. The fourth-order valence-electron chi connectivity index (χ4n) is 6.43. The van der Waals surface area contributed by atoms with E-state index in [1.54, 1.807) is 30.5 Å². The molecular formula is C32H41Cl2N7O4. The first-order chi connectivity index (χ1) is 21.1. The van der Waals surface area contributed by atoms with Crippen LogP contribution < -0.4 is 10.1 Å². The smallest absolute Gasteiger partial charge is 0.275 e. The lowest BCUT2D eigenvalue weighted by atomic mass is 9.80. The average Bonchev–Trinajstić information content (AvgIpc) is 3.73. The number of aromatic nitrogens is 5. The lowest BCUT2D eigenvalue weighted by molar-refractivity contribution is -0.0893. The summed E-state index contributed by atoms with van der Waals surface area (Å²) < 4.78 is 15.2. The zero-order valence-electron chi connectivity index (χ0n) is 25.3. The quantitative estimate of drug-likeness (QED) is 0.258. The van der Waals surface area contributed by atoms with Gasteiger partial charge in [0.1, 0.15) is 11.4 Å². The molecule has 1 amide bonds. The predicted octanol–water partition coefficient (Wildman–Crippen LogP) is 4.35. The summed E-state index contributed by atoms with van der Waals surface area (Å²) in [4.78, 5) is 20.9. The zero-order valence-corrected chi connectivity index (χ0v) is 27.0. The summed E-state index contributed by atoms with van der Waals surface area (Å²) in [5, 5.41) is 22.9. The molecule has 1 aliphatic heterocycles. The van der Waals surface area contributed by atoms with Gasteiger partial charge in [-0.25, -0.2) is 9.67 Å². The highest BCUT2D eigenvalue weighted by Crippen LogP contribution is 2.41. The SMILES string of the molecule is COC[C@]1(O)CCCC[C@H]1n1cnc(C(=O)N2CCNC[C@H]2CCOc2ccc(-n3ccnn3)cc2)c1-c1ccccc1.Cl.Cl. The number of nitrogens with zero attached hydrogens (tertiary/aromatic N) is 6. The van der Waals surface area contributed by atoms with Gasteiger partial charge in [-0.05, 0) is 37.1 Å². The summed E-state index contributed by atoms with van der Waals surface area (Å²) in [6.45, 7) is 2.66. The third kappa shape index (κ3) is 7.50. The maximum absolute atomic E-state index is 14.3. The second kappa shape index (κ2) is 15.7. The van der Waals surface area contributed by atoms with Crippen molar-refractivity contribution in [2.75, 3.05) is 40.0 Å². The average molecular weight is 659 g/mol. The molecule has 3 heterocycles.